The Kier molecular flexibility index (Phi) is 7.22. The number of nitrogens with zero attached hydrogens (tertiary/aromatic N) is 5. The van der Waals surface area contributed by atoms with Crippen molar-refractivity contribution >= 4 is 55.4 Å². The average molecular weight is 640 g/mol. The number of furan rings is 1. The predicted octanol–water partition coefficient (Wildman–Crippen LogP) is 6.85. The predicted molar refractivity (Wildman–Crippen MR) is 162 cm³/mol. The van der Waals surface area contributed by atoms with Crippen molar-refractivity contribution in [3.63, 3.8) is 0 Å². The molecular weight excluding hydrogens is 622 g/mol. The van der Waals surface area contributed by atoms with Gasteiger partial charge in [0.15, 0.2) is 11.5 Å². The molecule has 0 unspecified atom stereocenters. The van der Waals surface area contributed by atoms with Gasteiger partial charge in [-0.1, -0.05) is 28.1 Å². The van der Waals surface area contributed by atoms with E-state index in [0.717, 1.165) is 14.5 Å². The van der Waals surface area contributed by atoms with Crippen LogP contribution in [0.25, 0.3) is 33.5 Å². The van der Waals surface area contributed by atoms with Crippen molar-refractivity contribution in [2.24, 2.45) is 5.10 Å². The first kappa shape index (κ1) is 27.5. The molecule has 0 aliphatic carbocycles. The van der Waals surface area contributed by atoms with Gasteiger partial charge >= 0.3 is 5.69 Å². The van der Waals surface area contributed by atoms with Crippen LogP contribution in [0.5, 0.6) is 5.75 Å². The number of fused-ring (bicyclic) bond motifs is 2. The highest BCUT2D eigenvalue weighted by molar-refractivity contribution is 9.10. The molecule has 6 rings (SSSR count). The second kappa shape index (κ2) is 11.3. The van der Waals surface area contributed by atoms with Gasteiger partial charge in [-0.05, 0) is 66.2 Å². The van der Waals surface area contributed by atoms with E-state index in [9.17, 15) is 25.0 Å². The molecular formula is C30H18BrN5O7. The van der Waals surface area contributed by atoms with E-state index in [1.54, 1.807) is 42.5 Å². The Bertz CT molecular complexity index is 2140. The maximum absolute atomic E-state index is 13.5. The molecule has 0 saturated carbocycles. The van der Waals surface area contributed by atoms with Crippen LogP contribution in [-0.2, 0) is 6.61 Å². The average Bonchev–Trinajstić information content (AvgIpc) is 3.43. The Balaban J connectivity index is 1.35. The van der Waals surface area contributed by atoms with E-state index in [1.165, 1.54) is 42.6 Å². The second-order valence-electron chi connectivity index (χ2n) is 9.30. The third kappa shape index (κ3) is 5.61. The number of aromatic nitrogens is 2. The van der Waals surface area contributed by atoms with Gasteiger partial charge in [-0.25, -0.2) is 4.98 Å². The smallest absolute Gasteiger partial charge is 0.311 e. The number of ether oxygens (including phenoxy) is 1. The van der Waals surface area contributed by atoms with E-state index in [0.29, 0.717) is 33.4 Å². The molecule has 2 heterocycles. The number of hydrogen-bond donors (Lipinski definition) is 0. The summed E-state index contributed by atoms with van der Waals surface area (Å²) in [6.45, 7) is -0.0398. The van der Waals surface area contributed by atoms with E-state index in [4.69, 9.17) is 9.15 Å². The summed E-state index contributed by atoms with van der Waals surface area (Å²) in [5.74, 6) is 0.470. The number of para-hydroxylation sites is 1. The molecule has 0 atom stereocenters. The van der Waals surface area contributed by atoms with Crippen LogP contribution < -0.4 is 10.3 Å². The zero-order chi connectivity index (χ0) is 30.1. The van der Waals surface area contributed by atoms with Crippen LogP contribution in [0.2, 0.25) is 0 Å². The third-order valence-corrected chi connectivity index (χ3v) is 6.99. The van der Waals surface area contributed by atoms with Gasteiger partial charge in [-0.3, -0.25) is 25.0 Å². The first-order chi connectivity index (χ1) is 20.8. The summed E-state index contributed by atoms with van der Waals surface area (Å²) in [4.78, 5) is 39.8. The maximum Gasteiger partial charge on any atom is 0.311 e. The molecule has 13 heteroatoms. The Morgan fingerprint density at radius 3 is 2.51 bits per heavy atom. The highest BCUT2D eigenvalue weighted by Gasteiger charge is 2.18. The van der Waals surface area contributed by atoms with E-state index < -0.39 is 15.4 Å². The number of hydrogen-bond acceptors (Lipinski definition) is 9. The van der Waals surface area contributed by atoms with Crippen LogP contribution in [0, 0.1) is 20.2 Å². The van der Waals surface area contributed by atoms with Gasteiger partial charge < -0.3 is 9.15 Å². The lowest BCUT2D eigenvalue weighted by Gasteiger charge is -2.08. The molecule has 0 aliphatic heterocycles. The van der Waals surface area contributed by atoms with Crippen molar-refractivity contribution < 1.29 is 19.0 Å². The van der Waals surface area contributed by atoms with Crippen LogP contribution in [0.4, 0.5) is 11.4 Å². The Hall–Kier alpha value is -5.69. The molecule has 0 saturated heterocycles. The number of halogens is 1. The van der Waals surface area contributed by atoms with E-state index in [2.05, 4.69) is 26.0 Å². The van der Waals surface area contributed by atoms with Crippen LogP contribution in [0.3, 0.4) is 0 Å². The fourth-order valence-electron chi connectivity index (χ4n) is 4.39. The fourth-order valence-corrected chi connectivity index (χ4v) is 4.77. The van der Waals surface area contributed by atoms with Gasteiger partial charge in [-0.2, -0.15) is 9.78 Å². The molecule has 4 aromatic carbocycles. The van der Waals surface area contributed by atoms with Gasteiger partial charge in [0.2, 0.25) is 5.82 Å². The van der Waals surface area contributed by atoms with Crippen LogP contribution in [0.15, 0.2) is 110 Å². The van der Waals surface area contributed by atoms with Crippen LogP contribution in [0.1, 0.15) is 11.1 Å². The minimum absolute atomic E-state index is 0.000771. The Morgan fingerprint density at radius 1 is 0.953 bits per heavy atom. The van der Waals surface area contributed by atoms with Crippen molar-refractivity contribution in [3.05, 3.63) is 137 Å². The molecule has 0 spiro atoms. The van der Waals surface area contributed by atoms with Gasteiger partial charge in [-0.15, -0.1) is 0 Å². The molecule has 12 nitrogen and oxygen atoms in total. The summed E-state index contributed by atoms with van der Waals surface area (Å²) in [7, 11) is 0. The molecule has 212 valence electrons. The second-order valence-corrected chi connectivity index (χ2v) is 10.2. The standard InChI is InChI=1S/C30H18BrN5O7/c31-21-8-12-26-20(14-21)15-28(43-26)29-33-24-4-2-1-3-23(24)30(37)34(29)32-16-19-7-11-27(25(13-19)36(40)41)42-17-18-5-9-22(10-6-18)35(38)39/h1-16H,17H2. The van der Waals surface area contributed by atoms with Crippen LogP contribution >= 0.6 is 15.9 Å². The van der Waals surface area contributed by atoms with Crippen molar-refractivity contribution in [1.29, 1.82) is 0 Å². The normalized spacial score (nSPS) is 11.4. The Labute approximate surface area is 249 Å². The molecule has 0 amide bonds. The fraction of sp³-hybridized carbons (Fsp3) is 0.0333. The third-order valence-electron chi connectivity index (χ3n) is 6.50. The highest BCUT2D eigenvalue weighted by atomic mass is 79.9. The number of benzene rings is 4. The van der Waals surface area contributed by atoms with Crippen molar-refractivity contribution in [3.8, 4) is 17.3 Å². The first-order valence-electron chi connectivity index (χ1n) is 12.7. The van der Waals surface area contributed by atoms with Gasteiger partial charge in [0, 0.05) is 33.6 Å². The highest BCUT2D eigenvalue weighted by Crippen LogP contribution is 2.30. The summed E-state index contributed by atoms with van der Waals surface area (Å²) < 4.78 is 13.6. The molecule has 0 radical (unpaired) electrons. The topological polar surface area (TPSA) is 156 Å². The zero-order valence-electron chi connectivity index (χ0n) is 21.9. The minimum Gasteiger partial charge on any atom is -0.482 e. The lowest BCUT2D eigenvalue weighted by atomic mass is 10.2. The SMILES string of the molecule is O=c1c2ccccc2nc(-c2cc3cc(Br)ccc3o2)n1N=Cc1ccc(OCc2ccc([N+](=O)[O-])cc2)c([N+](=O)[O-])c1. The van der Waals surface area contributed by atoms with Crippen molar-refractivity contribution in [1.82, 2.24) is 9.66 Å². The molecule has 0 bridgehead atoms. The van der Waals surface area contributed by atoms with Gasteiger partial charge in [0.25, 0.3) is 11.2 Å². The van der Waals surface area contributed by atoms with Gasteiger partial charge in [0.05, 0.1) is 27.0 Å². The molecule has 0 N–H and O–H groups in total. The van der Waals surface area contributed by atoms with Gasteiger partial charge in [0.1, 0.15) is 12.2 Å². The molecule has 6 aromatic rings. The first-order valence-corrected chi connectivity index (χ1v) is 13.5. The summed E-state index contributed by atoms with van der Waals surface area (Å²) in [5.41, 5.74) is 1.13. The molecule has 43 heavy (non-hydrogen) atoms. The maximum atomic E-state index is 13.5. The van der Waals surface area contributed by atoms with E-state index in [1.807, 2.05) is 12.1 Å². The summed E-state index contributed by atoms with van der Waals surface area (Å²) in [5, 5.41) is 28.2. The summed E-state index contributed by atoms with van der Waals surface area (Å²) in [6.07, 6.45) is 1.31. The number of nitro benzene ring substituents is 2. The monoisotopic (exact) mass is 639 g/mol. The number of non-ortho nitro benzene ring substituents is 1. The minimum atomic E-state index is -0.593. The number of rotatable bonds is 8. The van der Waals surface area contributed by atoms with Crippen molar-refractivity contribution in [2.75, 3.05) is 0 Å². The summed E-state index contributed by atoms with van der Waals surface area (Å²) >= 11 is 3.44. The molecule has 2 aromatic heterocycles. The quantitative estimate of drug-likeness (QED) is 0.0994. The van der Waals surface area contributed by atoms with Crippen LogP contribution in [-0.4, -0.2) is 25.7 Å². The number of nitro groups is 2. The van der Waals surface area contributed by atoms with E-state index in [-0.39, 0.29) is 29.6 Å². The summed E-state index contributed by atoms with van der Waals surface area (Å²) in [6, 6.07) is 24.0. The molecule has 0 aliphatic rings. The lowest BCUT2D eigenvalue weighted by Crippen LogP contribution is -2.20. The molecule has 0 fully saturated rings. The largest absolute Gasteiger partial charge is 0.482 e. The van der Waals surface area contributed by atoms with E-state index >= 15 is 0 Å². The lowest BCUT2D eigenvalue weighted by molar-refractivity contribution is -0.386. The van der Waals surface area contributed by atoms with Crippen molar-refractivity contribution in [2.45, 2.75) is 6.61 Å². The zero-order valence-corrected chi connectivity index (χ0v) is 23.5. The Morgan fingerprint density at radius 2 is 1.74 bits per heavy atom.